The number of hydrogen-bond acceptors (Lipinski definition) is 5. The van der Waals surface area contributed by atoms with Crippen LogP contribution in [0.25, 0.3) is 0 Å². The van der Waals surface area contributed by atoms with Crippen LogP contribution in [0.15, 0.2) is 10.3 Å². The van der Waals surface area contributed by atoms with E-state index in [9.17, 15) is 8.42 Å². The minimum absolute atomic E-state index is 0.120. The molecule has 0 spiro atoms. The van der Waals surface area contributed by atoms with Crippen molar-refractivity contribution in [1.29, 1.82) is 0 Å². The lowest BCUT2D eigenvalue weighted by molar-refractivity contribution is 0.0324. The molecule has 0 saturated carbocycles. The van der Waals surface area contributed by atoms with Gasteiger partial charge in [-0.25, -0.2) is 13.1 Å². The molecule has 1 atom stereocenters. The number of ether oxygens (including phenoxy) is 1. The molecule has 1 unspecified atom stereocenters. The monoisotopic (exact) mass is 310 g/mol. The molecule has 18 heavy (non-hydrogen) atoms. The van der Waals surface area contributed by atoms with Gasteiger partial charge in [-0.2, -0.15) is 0 Å². The molecule has 1 aliphatic rings. The van der Waals surface area contributed by atoms with E-state index in [1.165, 1.54) is 0 Å². The van der Waals surface area contributed by atoms with Gasteiger partial charge in [0, 0.05) is 19.6 Å². The van der Waals surface area contributed by atoms with Gasteiger partial charge in [-0.1, -0.05) is 11.6 Å². The standard InChI is InChI=1S/C10H15ClN2O3S2/c1-7-4-9(17-10(7)11)18(14,15)13-6-8-5-12-2-3-16-8/h4,8,12-13H,2-3,5-6H2,1H3. The first-order valence-electron chi connectivity index (χ1n) is 5.57. The fourth-order valence-electron chi connectivity index (χ4n) is 1.59. The van der Waals surface area contributed by atoms with Crippen molar-refractivity contribution in [3.63, 3.8) is 0 Å². The lowest BCUT2D eigenvalue weighted by Crippen LogP contribution is -2.45. The van der Waals surface area contributed by atoms with E-state index in [0.29, 0.717) is 17.5 Å². The highest BCUT2D eigenvalue weighted by Gasteiger charge is 2.21. The van der Waals surface area contributed by atoms with E-state index in [0.717, 1.165) is 23.4 Å². The van der Waals surface area contributed by atoms with E-state index < -0.39 is 10.0 Å². The summed E-state index contributed by atoms with van der Waals surface area (Å²) in [4.78, 5) is 0. The molecule has 1 aromatic heterocycles. The van der Waals surface area contributed by atoms with Crippen molar-refractivity contribution in [3.05, 3.63) is 16.0 Å². The van der Waals surface area contributed by atoms with E-state index in [2.05, 4.69) is 10.0 Å². The van der Waals surface area contributed by atoms with Crippen molar-refractivity contribution in [2.45, 2.75) is 17.2 Å². The Morgan fingerprint density at radius 1 is 1.67 bits per heavy atom. The Kier molecular flexibility index (Phi) is 4.63. The summed E-state index contributed by atoms with van der Waals surface area (Å²) in [5.74, 6) is 0. The van der Waals surface area contributed by atoms with Gasteiger partial charge < -0.3 is 10.1 Å². The van der Waals surface area contributed by atoms with Gasteiger partial charge in [0.1, 0.15) is 4.21 Å². The van der Waals surface area contributed by atoms with Crippen LogP contribution in [0, 0.1) is 6.92 Å². The van der Waals surface area contributed by atoms with Crippen LogP contribution in [0.3, 0.4) is 0 Å². The summed E-state index contributed by atoms with van der Waals surface area (Å²) < 4.78 is 32.7. The zero-order valence-corrected chi connectivity index (χ0v) is 12.3. The summed E-state index contributed by atoms with van der Waals surface area (Å²) in [7, 11) is -3.49. The van der Waals surface area contributed by atoms with Crippen LogP contribution in [0.5, 0.6) is 0 Å². The maximum atomic E-state index is 12.0. The summed E-state index contributed by atoms with van der Waals surface area (Å²) >= 11 is 6.94. The van der Waals surface area contributed by atoms with Gasteiger partial charge in [0.2, 0.25) is 10.0 Å². The minimum atomic E-state index is -3.49. The largest absolute Gasteiger partial charge is 0.374 e. The third-order valence-electron chi connectivity index (χ3n) is 2.60. The Morgan fingerprint density at radius 2 is 2.44 bits per heavy atom. The van der Waals surface area contributed by atoms with Crippen LogP contribution in [0.4, 0.5) is 0 Å². The highest BCUT2D eigenvalue weighted by atomic mass is 35.5. The molecule has 1 aromatic rings. The molecule has 2 N–H and O–H groups in total. The van der Waals surface area contributed by atoms with Crippen LogP contribution in [0.1, 0.15) is 5.56 Å². The molecule has 2 rings (SSSR count). The second-order valence-corrected chi connectivity index (χ2v) is 7.72. The first-order chi connectivity index (χ1) is 8.49. The summed E-state index contributed by atoms with van der Waals surface area (Å²) in [5.41, 5.74) is 0.776. The first kappa shape index (κ1) is 14.2. The number of hydrogen-bond donors (Lipinski definition) is 2. The van der Waals surface area contributed by atoms with Gasteiger partial charge in [0.25, 0.3) is 0 Å². The number of halogens is 1. The van der Waals surface area contributed by atoms with Gasteiger partial charge in [-0.3, -0.25) is 0 Å². The average Bonchev–Trinajstić information content (AvgIpc) is 2.70. The number of sulfonamides is 1. The summed E-state index contributed by atoms with van der Waals surface area (Å²) in [6, 6.07) is 1.58. The molecule has 0 aromatic carbocycles. The van der Waals surface area contributed by atoms with Crippen LogP contribution >= 0.6 is 22.9 Å². The van der Waals surface area contributed by atoms with Gasteiger partial charge in [-0.05, 0) is 18.6 Å². The Hall–Kier alpha value is -0.180. The molecule has 0 amide bonds. The quantitative estimate of drug-likeness (QED) is 0.870. The normalized spacial score (nSPS) is 21.1. The lowest BCUT2D eigenvalue weighted by Gasteiger charge is -2.23. The van der Waals surface area contributed by atoms with Crippen molar-refractivity contribution in [3.8, 4) is 0 Å². The third kappa shape index (κ3) is 3.43. The topological polar surface area (TPSA) is 67.4 Å². The lowest BCUT2D eigenvalue weighted by atomic mass is 10.3. The van der Waals surface area contributed by atoms with Gasteiger partial charge in [0.15, 0.2) is 0 Å². The number of thiophene rings is 1. The molecular weight excluding hydrogens is 296 g/mol. The molecule has 0 aliphatic carbocycles. The Morgan fingerprint density at radius 3 is 3.00 bits per heavy atom. The molecule has 0 radical (unpaired) electrons. The average molecular weight is 311 g/mol. The van der Waals surface area contributed by atoms with E-state index >= 15 is 0 Å². The molecule has 8 heteroatoms. The van der Waals surface area contributed by atoms with Gasteiger partial charge >= 0.3 is 0 Å². The van der Waals surface area contributed by atoms with Crippen molar-refractivity contribution >= 4 is 33.0 Å². The van der Waals surface area contributed by atoms with Gasteiger partial charge in [-0.15, -0.1) is 11.3 Å². The molecular formula is C10H15ClN2O3S2. The molecule has 5 nitrogen and oxygen atoms in total. The second-order valence-electron chi connectivity index (χ2n) is 4.07. The predicted molar refractivity (Wildman–Crippen MR) is 71.9 cm³/mol. The maximum absolute atomic E-state index is 12.0. The van der Waals surface area contributed by atoms with Gasteiger partial charge in [0.05, 0.1) is 17.0 Å². The highest BCUT2D eigenvalue weighted by Crippen LogP contribution is 2.29. The molecule has 1 fully saturated rings. The molecule has 102 valence electrons. The molecule has 1 aliphatic heterocycles. The third-order valence-corrected chi connectivity index (χ3v) is 6.06. The van der Waals surface area contributed by atoms with Crippen molar-refractivity contribution in [1.82, 2.24) is 10.0 Å². The fraction of sp³-hybridized carbons (Fsp3) is 0.600. The predicted octanol–water partition coefficient (Wildman–Crippen LogP) is 0.977. The van der Waals surface area contributed by atoms with Crippen LogP contribution in [0.2, 0.25) is 4.34 Å². The van der Waals surface area contributed by atoms with Crippen molar-refractivity contribution < 1.29 is 13.2 Å². The number of nitrogens with one attached hydrogen (secondary N) is 2. The maximum Gasteiger partial charge on any atom is 0.250 e. The Balaban J connectivity index is 1.98. The van der Waals surface area contributed by atoms with Crippen LogP contribution in [-0.2, 0) is 14.8 Å². The highest BCUT2D eigenvalue weighted by molar-refractivity contribution is 7.91. The summed E-state index contributed by atoms with van der Waals surface area (Å²) in [5, 5.41) is 3.15. The number of rotatable bonds is 4. The Bertz CT molecular complexity index is 490. The SMILES string of the molecule is Cc1cc(S(=O)(=O)NCC2CNCCO2)sc1Cl. The Labute approximate surface area is 116 Å². The smallest absolute Gasteiger partial charge is 0.250 e. The van der Waals surface area contributed by atoms with E-state index in [4.69, 9.17) is 16.3 Å². The van der Waals surface area contributed by atoms with Crippen molar-refractivity contribution in [2.24, 2.45) is 0 Å². The van der Waals surface area contributed by atoms with Crippen molar-refractivity contribution in [2.75, 3.05) is 26.2 Å². The molecule has 0 bridgehead atoms. The zero-order chi connectivity index (χ0) is 13.2. The van der Waals surface area contributed by atoms with E-state index in [1.807, 2.05) is 0 Å². The first-order valence-corrected chi connectivity index (χ1v) is 8.25. The second kappa shape index (κ2) is 5.85. The van der Waals surface area contributed by atoms with E-state index in [-0.39, 0.29) is 16.9 Å². The molecule has 2 heterocycles. The fourth-order valence-corrected chi connectivity index (χ4v) is 4.41. The summed E-state index contributed by atoms with van der Waals surface area (Å²) in [6.07, 6.45) is -0.120. The molecule has 1 saturated heterocycles. The van der Waals surface area contributed by atoms with Crippen LogP contribution in [-0.4, -0.2) is 40.8 Å². The van der Waals surface area contributed by atoms with E-state index in [1.54, 1.807) is 13.0 Å². The number of aryl methyl sites for hydroxylation is 1. The minimum Gasteiger partial charge on any atom is -0.374 e. The number of morpholine rings is 1. The zero-order valence-electron chi connectivity index (χ0n) is 9.90. The van der Waals surface area contributed by atoms with Crippen LogP contribution < -0.4 is 10.0 Å². The summed E-state index contributed by atoms with van der Waals surface area (Å²) in [6.45, 7) is 4.13.